The Bertz CT molecular complexity index is 811. The van der Waals surface area contributed by atoms with E-state index in [1.54, 1.807) is 0 Å². The average molecular weight is 407 g/mol. The Morgan fingerprint density at radius 2 is 1.69 bits per heavy atom. The number of anilines is 1. The highest BCUT2D eigenvalue weighted by molar-refractivity contribution is 6.36. The predicted molar refractivity (Wildman–Crippen MR) is 90.5 cm³/mol. The zero-order valence-corrected chi connectivity index (χ0v) is 14.4. The Labute approximate surface area is 156 Å². The zero-order valence-electron chi connectivity index (χ0n) is 12.9. The maximum atomic E-state index is 12.1. The molecule has 0 heterocycles. The third-order valence-electron chi connectivity index (χ3n) is 2.96. The van der Waals surface area contributed by atoms with E-state index in [-0.39, 0.29) is 22.8 Å². The Hall–Kier alpha value is -2.45. The van der Waals surface area contributed by atoms with Gasteiger partial charge in [0, 0.05) is 10.7 Å². The molecule has 0 saturated carbocycles. The fraction of sp³-hybridized carbons (Fsp3) is 0.125. The second-order valence-corrected chi connectivity index (χ2v) is 5.77. The molecule has 0 atom stereocenters. The van der Waals surface area contributed by atoms with Gasteiger partial charge in [-0.2, -0.15) is 0 Å². The molecule has 0 fully saturated rings. The molecule has 2 aromatic rings. The maximum Gasteiger partial charge on any atom is 0.573 e. The number of amides is 2. The lowest BCUT2D eigenvalue weighted by Crippen LogP contribution is -2.33. The average Bonchev–Trinajstić information content (AvgIpc) is 2.53. The smallest absolute Gasteiger partial charge is 0.406 e. The van der Waals surface area contributed by atoms with Crippen molar-refractivity contribution in [3.63, 3.8) is 0 Å². The van der Waals surface area contributed by atoms with Crippen LogP contribution in [0.25, 0.3) is 0 Å². The monoisotopic (exact) mass is 406 g/mol. The van der Waals surface area contributed by atoms with Crippen LogP contribution < -0.4 is 15.4 Å². The molecule has 2 N–H and O–H groups in total. The minimum Gasteiger partial charge on any atom is -0.406 e. The molecule has 0 spiro atoms. The van der Waals surface area contributed by atoms with Crippen LogP contribution in [-0.4, -0.2) is 24.7 Å². The number of nitrogens with one attached hydrogen (secondary N) is 2. The van der Waals surface area contributed by atoms with Crippen LogP contribution in [0.3, 0.4) is 0 Å². The second kappa shape index (κ2) is 8.29. The van der Waals surface area contributed by atoms with E-state index >= 15 is 0 Å². The van der Waals surface area contributed by atoms with Crippen LogP contribution in [0.15, 0.2) is 42.5 Å². The minimum absolute atomic E-state index is 0.135. The third kappa shape index (κ3) is 6.12. The van der Waals surface area contributed by atoms with Gasteiger partial charge in [-0.25, -0.2) is 0 Å². The van der Waals surface area contributed by atoms with Gasteiger partial charge in [-0.3, -0.25) is 9.59 Å². The van der Waals surface area contributed by atoms with Crippen molar-refractivity contribution in [1.29, 1.82) is 0 Å². The molecular formula is C16H11Cl2F3N2O3. The molecule has 0 aromatic heterocycles. The van der Waals surface area contributed by atoms with Crippen LogP contribution in [0.5, 0.6) is 5.75 Å². The molecular weight excluding hydrogens is 396 g/mol. The number of alkyl halides is 3. The van der Waals surface area contributed by atoms with Gasteiger partial charge < -0.3 is 15.4 Å². The maximum absolute atomic E-state index is 12.1. The van der Waals surface area contributed by atoms with E-state index in [1.807, 2.05) is 0 Å². The molecule has 0 aliphatic rings. The van der Waals surface area contributed by atoms with Crippen molar-refractivity contribution in [1.82, 2.24) is 5.32 Å². The van der Waals surface area contributed by atoms with Gasteiger partial charge >= 0.3 is 6.36 Å². The van der Waals surface area contributed by atoms with Crippen LogP contribution >= 0.6 is 23.2 Å². The van der Waals surface area contributed by atoms with Crippen LogP contribution in [0, 0.1) is 0 Å². The summed E-state index contributed by atoms with van der Waals surface area (Å²) in [5.41, 5.74) is 0.390. The fourth-order valence-electron chi connectivity index (χ4n) is 1.87. The zero-order chi connectivity index (χ0) is 19.3. The molecule has 0 unspecified atom stereocenters. The molecule has 2 amide bonds. The van der Waals surface area contributed by atoms with Gasteiger partial charge in [0.05, 0.1) is 17.1 Å². The Morgan fingerprint density at radius 1 is 1.04 bits per heavy atom. The van der Waals surface area contributed by atoms with Crippen LogP contribution in [-0.2, 0) is 4.79 Å². The van der Waals surface area contributed by atoms with Crippen LogP contribution in [0.4, 0.5) is 18.9 Å². The number of hydrogen-bond donors (Lipinski definition) is 2. The van der Waals surface area contributed by atoms with E-state index in [0.29, 0.717) is 5.02 Å². The van der Waals surface area contributed by atoms with E-state index in [0.717, 1.165) is 12.1 Å². The Kier molecular flexibility index (Phi) is 6.33. The summed E-state index contributed by atoms with van der Waals surface area (Å²) in [7, 11) is 0. The molecule has 2 aromatic carbocycles. The number of carbonyl (C=O) groups is 2. The SMILES string of the molecule is O=C(CNC(=O)c1ccc(Cl)cc1Cl)Nc1ccc(OC(F)(F)F)cc1. The summed E-state index contributed by atoms with van der Waals surface area (Å²) >= 11 is 11.6. The van der Waals surface area contributed by atoms with Crippen molar-refractivity contribution in [3.8, 4) is 5.75 Å². The summed E-state index contributed by atoms with van der Waals surface area (Å²) in [4.78, 5) is 23.8. The van der Waals surface area contributed by atoms with Gasteiger partial charge in [0.25, 0.3) is 5.91 Å². The standard InChI is InChI=1S/C16H11Cl2F3N2O3/c17-9-1-6-12(13(18)7-9)15(25)22-8-14(24)23-10-2-4-11(5-3-10)26-16(19,20)21/h1-7H,8H2,(H,22,25)(H,23,24). The number of hydrogen-bond acceptors (Lipinski definition) is 3. The van der Waals surface area contributed by atoms with Crippen molar-refractivity contribution < 1.29 is 27.5 Å². The lowest BCUT2D eigenvalue weighted by Gasteiger charge is -2.10. The molecule has 0 bridgehead atoms. The topological polar surface area (TPSA) is 67.4 Å². The van der Waals surface area contributed by atoms with Crippen molar-refractivity contribution in [2.45, 2.75) is 6.36 Å². The number of benzene rings is 2. The summed E-state index contributed by atoms with van der Waals surface area (Å²) in [5, 5.41) is 5.29. The Morgan fingerprint density at radius 3 is 2.27 bits per heavy atom. The van der Waals surface area contributed by atoms with E-state index in [2.05, 4.69) is 15.4 Å². The second-order valence-electron chi connectivity index (χ2n) is 4.93. The van der Waals surface area contributed by atoms with Gasteiger partial charge in [0.1, 0.15) is 5.75 Å². The number of carbonyl (C=O) groups excluding carboxylic acids is 2. The van der Waals surface area contributed by atoms with E-state index < -0.39 is 23.9 Å². The molecule has 0 aliphatic carbocycles. The molecule has 2 rings (SSSR count). The first-order valence-electron chi connectivity index (χ1n) is 7.03. The van der Waals surface area contributed by atoms with Crippen LogP contribution in [0.2, 0.25) is 10.0 Å². The number of rotatable bonds is 5. The normalized spacial score (nSPS) is 11.0. The summed E-state index contributed by atoms with van der Waals surface area (Å²) in [5.74, 6) is -1.56. The molecule has 0 radical (unpaired) electrons. The van der Waals surface area contributed by atoms with Gasteiger partial charge in [0.15, 0.2) is 0 Å². The molecule has 138 valence electrons. The minimum atomic E-state index is -4.79. The highest BCUT2D eigenvalue weighted by Gasteiger charge is 2.30. The number of ether oxygens (including phenoxy) is 1. The van der Waals surface area contributed by atoms with Crippen molar-refractivity contribution >= 4 is 40.7 Å². The van der Waals surface area contributed by atoms with E-state index in [9.17, 15) is 22.8 Å². The summed E-state index contributed by atoms with van der Waals surface area (Å²) in [6.45, 7) is -0.363. The van der Waals surface area contributed by atoms with E-state index in [1.165, 1.54) is 30.3 Å². The van der Waals surface area contributed by atoms with Crippen LogP contribution in [0.1, 0.15) is 10.4 Å². The molecule has 10 heteroatoms. The lowest BCUT2D eigenvalue weighted by molar-refractivity contribution is -0.274. The quantitative estimate of drug-likeness (QED) is 0.779. The fourth-order valence-corrected chi connectivity index (χ4v) is 2.37. The van der Waals surface area contributed by atoms with Gasteiger partial charge in [-0.1, -0.05) is 23.2 Å². The first-order chi connectivity index (χ1) is 12.1. The van der Waals surface area contributed by atoms with Gasteiger partial charge in [-0.15, -0.1) is 13.2 Å². The predicted octanol–water partition coefficient (Wildman–Crippen LogP) is 4.26. The first-order valence-corrected chi connectivity index (χ1v) is 7.78. The largest absolute Gasteiger partial charge is 0.573 e. The van der Waals surface area contributed by atoms with Gasteiger partial charge in [0.2, 0.25) is 5.91 Å². The third-order valence-corrected chi connectivity index (χ3v) is 3.50. The molecule has 26 heavy (non-hydrogen) atoms. The summed E-state index contributed by atoms with van der Waals surface area (Å²) in [6.07, 6.45) is -4.79. The molecule has 0 saturated heterocycles. The highest BCUT2D eigenvalue weighted by atomic mass is 35.5. The summed E-state index contributed by atoms with van der Waals surface area (Å²) < 4.78 is 39.9. The molecule has 0 aliphatic heterocycles. The van der Waals surface area contributed by atoms with Crippen molar-refractivity contribution in [2.24, 2.45) is 0 Å². The first kappa shape index (κ1) is 19.9. The summed E-state index contributed by atoms with van der Waals surface area (Å²) in [6, 6.07) is 8.85. The lowest BCUT2D eigenvalue weighted by atomic mass is 10.2. The highest BCUT2D eigenvalue weighted by Crippen LogP contribution is 2.24. The molecule has 5 nitrogen and oxygen atoms in total. The Balaban J connectivity index is 1.87. The number of halogens is 5. The van der Waals surface area contributed by atoms with E-state index in [4.69, 9.17) is 23.2 Å². The van der Waals surface area contributed by atoms with Crippen molar-refractivity contribution in [3.05, 3.63) is 58.1 Å². The van der Waals surface area contributed by atoms with Gasteiger partial charge in [-0.05, 0) is 42.5 Å². The van der Waals surface area contributed by atoms with Crippen molar-refractivity contribution in [2.75, 3.05) is 11.9 Å².